The van der Waals surface area contributed by atoms with E-state index in [1.807, 2.05) is 18.2 Å². The minimum atomic E-state index is -3.60. The smallest absolute Gasteiger partial charge is 0.248 e. The zero-order valence-corrected chi connectivity index (χ0v) is 18.9. The van der Waals surface area contributed by atoms with Gasteiger partial charge >= 0.3 is 0 Å². The summed E-state index contributed by atoms with van der Waals surface area (Å²) >= 11 is 0. The number of sulfonamides is 1. The number of pyridine rings is 1. The number of hydrogen-bond donors (Lipinski definition) is 2. The SMILES string of the molecule is COc1ccccc1N1CCN(CCCNS(=O)(=O)c2ccc3[nH]c(=O)ccc3c2)CC1. The summed E-state index contributed by atoms with van der Waals surface area (Å²) in [6.07, 6.45) is 0.731. The molecule has 32 heavy (non-hydrogen) atoms. The van der Waals surface area contributed by atoms with Crippen molar-refractivity contribution < 1.29 is 13.2 Å². The first-order chi connectivity index (χ1) is 15.5. The van der Waals surface area contributed by atoms with Crippen molar-refractivity contribution in [1.82, 2.24) is 14.6 Å². The Balaban J connectivity index is 1.26. The lowest BCUT2D eigenvalue weighted by Gasteiger charge is -2.36. The first-order valence-electron chi connectivity index (χ1n) is 10.7. The van der Waals surface area contributed by atoms with E-state index in [9.17, 15) is 13.2 Å². The Morgan fingerprint density at radius 1 is 1.03 bits per heavy atom. The molecule has 1 aliphatic rings. The van der Waals surface area contributed by atoms with Crippen LogP contribution in [0.4, 0.5) is 5.69 Å². The van der Waals surface area contributed by atoms with Crippen LogP contribution < -0.4 is 19.9 Å². The topological polar surface area (TPSA) is 94.7 Å². The first-order valence-corrected chi connectivity index (χ1v) is 12.2. The quantitative estimate of drug-likeness (QED) is 0.504. The van der Waals surface area contributed by atoms with Gasteiger partial charge in [-0.2, -0.15) is 0 Å². The molecule has 0 atom stereocenters. The van der Waals surface area contributed by atoms with Crippen LogP contribution in [-0.4, -0.2) is 64.7 Å². The van der Waals surface area contributed by atoms with Gasteiger partial charge in [0.2, 0.25) is 15.6 Å². The Morgan fingerprint density at radius 2 is 1.81 bits per heavy atom. The van der Waals surface area contributed by atoms with Crippen LogP contribution in [0.1, 0.15) is 6.42 Å². The van der Waals surface area contributed by atoms with Gasteiger partial charge in [-0.15, -0.1) is 0 Å². The van der Waals surface area contributed by atoms with Gasteiger partial charge in [-0.25, -0.2) is 13.1 Å². The number of benzene rings is 2. The highest BCUT2D eigenvalue weighted by atomic mass is 32.2. The number of nitrogens with one attached hydrogen (secondary N) is 2. The molecule has 4 rings (SSSR count). The number of para-hydroxylation sites is 2. The maximum Gasteiger partial charge on any atom is 0.248 e. The van der Waals surface area contributed by atoms with Crippen molar-refractivity contribution in [3.05, 3.63) is 65.0 Å². The molecule has 0 saturated carbocycles. The summed E-state index contributed by atoms with van der Waals surface area (Å²) in [7, 11) is -1.91. The third kappa shape index (κ3) is 5.12. The normalized spacial score (nSPS) is 15.2. The van der Waals surface area contributed by atoms with E-state index in [4.69, 9.17) is 4.74 Å². The van der Waals surface area contributed by atoms with Crippen LogP contribution in [0.5, 0.6) is 5.75 Å². The maximum atomic E-state index is 12.6. The summed E-state index contributed by atoms with van der Waals surface area (Å²) in [5.41, 5.74) is 1.51. The molecule has 0 unspecified atom stereocenters. The van der Waals surface area contributed by atoms with Gasteiger partial charge in [-0.1, -0.05) is 12.1 Å². The standard InChI is InChI=1S/C23H28N4O4S/c1-31-22-6-3-2-5-21(22)27-15-13-26(14-16-27)12-4-11-24-32(29,30)19-8-9-20-18(17-19)7-10-23(28)25-20/h2-3,5-10,17,24H,4,11-16H2,1H3,(H,25,28). The molecule has 2 aromatic carbocycles. The van der Waals surface area contributed by atoms with Crippen LogP contribution in [0.25, 0.3) is 10.9 Å². The Morgan fingerprint density at radius 3 is 2.59 bits per heavy atom. The molecule has 2 heterocycles. The number of nitrogens with zero attached hydrogens (tertiary/aromatic N) is 2. The van der Waals surface area contributed by atoms with E-state index in [0.717, 1.165) is 50.6 Å². The number of fused-ring (bicyclic) bond motifs is 1. The van der Waals surface area contributed by atoms with Crippen molar-refractivity contribution in [2.75, 3.05) is 51.3 Å². The number of anilines is 1. The van der Waals surface area contributed by atoms with Gasteiger partial charge in [-0.3, -0.25) is 9.69 Å². The fraction of sp³-hybridized carbons (Fsp3) is 0.348. The molecular weight excluding hydrogens is 428 g/mol. The second-order valence-electron chi connectivity index (χ2n) is 7.82. The van der Waals surface area contributed by atoms with E-state index < -0.39 is 10.0 Å². The average Bonchev–Trinajstić information content (AvgIpc) is 2.82. The number of hydrogen-bond acceptors (Lipinski definition) is 6. The number of methoxy groups -OCH3 is 1. The lowest BCUT2D eigenvalue weighted by atomic mass is 10.2. The van der Waals surface area contributed by atoms with Crippen LogP contribution in [0.3, 0.4) is 0 Å². The molecule has 0 radical (unpaired) electrons. The largest absolute Gasteiger partial charge is 0.495 e. The molecule has 0 spiro atoms. The number of H-pyrrole nitrogens is 1. The van der Waals surface area contributed by atoms with Crippen LogP contribution in [0, 0.1) is 0 Å². The van der Waals surface area contributed by atoms with E-state index in [2.05, 4.69) is 25.6 Å². The summed E-state index contributed by atoms with van der Waals surface area (Å²) in [4.78, 5) is 19.0. The molecule has 170 valence electrons. The summed E-state index contributed by atoms with van der Waals surface area (Å²) in [5.74, 6) is 0.885. The number of rotatable bonds is 8. The minimum Gasteiger partial charge on any atom is -0.495 e. The molecule has 2 N–H and O–H groups in total. The van der Waals surface area contributed by atoms with Crippen LogP contribution in [0.2, 0.25) is 0 Å². The van der Waals surface area contributed by atoms with Crippen LogP contribution in [0.15, 0.2) is 64.3 Å². The van der Waals surface area contributed by atoms with Crippen molar-refractivity contribution in [3.63, 3.8) is 0 Å². The minimum absolute atomic E-state index is 0.197. The second-order valence-corrected chi connectivity index (χ2v) is 9.59. The van der Waals surface area contributed by atoms with E-state index in [-0.39, 0.29) is 10.5 Å². The van der Waals surface area contributed by atoms with Gasteiger partial charge < -0.3 is 14.6 Å². The molecule has 8 nitrogen and oxygen atoms in total. The zero-order chi connectivity index (χ0) is 22.6. The monoisotopic (exact) mass is 456 g/mol. The van der Waals surface area contributed by atoms with E-state index >= 15 is 0 Å². The molecule has 9 heteroatoms. The molecular formula is C23H28N4O4S. The fourth-order valence-electron chi connectivity index (χ4n) is 4.00. The highest BCUT2D eigenvalue weighted by Gasteiger charge is 2.20. The fourth-order valence-corrected chi connectivity index (χ4v) is 5.10. The molecule has 0 amide bonds. The average molecular weight is 457 g/mol. The lowest BCUT2D eigenvalue weighted by Crippen LogP contribution is -2.47. The van der Waals surface area contributed by atoms with Crippen molar-refractivity contribution >= 4 is 26.6 Å². The third-order valence-electron chi connectivity index (χ3n) is 5.75. The van der Waals surface area contributed by atoms with Gasteiger partial charge in [0.05, 0.1) is 17.7 Å². The molecule has 3 aromatic rings. The van der Waals surface area contributed by atoms with Gasteiger partial charge in [0.25, 0.3) is 0 Å². The van der Waals surface area contributed by atoms with Crippen molar-refractivity contribution in [3.8, 4) is 5.75 Å². The summed E-state index contributed by atoms with van der Waals surface area (Å²) < 4.78 is 33.4. The predicted molar refractivity (Wildman–Crippen MR) is 126 cm³/mol. The maximum absolute atomic E-state index is 12.6. The van der Waals surface area contributed by atoms with Gasteiger partial charge in [-0.05, 0) is 54.8 Å². The number of aromatic amines is 1. The van der Waals surface area contributed by atoms with Gasteiger partial charge in [0, 0.05) is 44.3 Å². The molecule has 1 saturated heterocycles. The zero-order valence-electron chi connectivity index (χ0n) is 18.1. The molecule has 1 aliphatic heterocycles. The van der Waals surface area contributed by atoms with E-state index in [0.29, 0.717) is 17.4 Å². The Kier molecular flexibility index (Phi) is 6.78. The van der Waals surface area contributed by atoms with E-state index in [1.165, 1.54) is 12.1 Å². The Bertz CT molecular complexity index is 1230. The predicted octanol–water partition coefficient (Wildman–Crippen LogP) is 2.03. The number of piperazine rings is 1. The molecule has 0 bridgehead atoms. The number of aromatic nitrogens is 1. The number of ether oxygens (including phenoxy) is 1. The summed E-state index contributed by atoms with van der Waals surface area (Å²) in [6.45, 7) is 4.87. The van der Waals surface area contributed by atoms with Crippen molar-refractivity contribution in [1.29, 1.82) is 0 Å². The van der Waals surface area contributed by atoms with Gasteiger partial charge in [0.15, 0.2) is 0 Å². The highest BCUT2D eigenvalue weighted by Crippen LogP contribution is 2.28. The van der Waals surface area contributed by atoms with Gasteiger partial charge in [0.1, 0.15) is 5.75 Å². The Labute approximate surface area is 187 Å². The molecule has 1 fully saturated rings. The molecule has 0 aliphatic carbocycles. The summed E-state index contributed by atoms with van der Waals surface area (Å²) in [5, 5.41) is 0.681. The second kappa shape index (κ2) is 9.72. The lowest BCUT2D eigenvalue weighted by molar-refractivity contribution is 0.254. The van der Waals surface area contributed by atoms with Crippen LogP contribution >= 0.6 is 0 Å². The summed E-state index contributed by atoms with van der Waals surface area (Å²) in [6, 6.07) is 15.8. The van der Waals surface area contributed by atoms with E-state index in [1.54, 1.807) is 25.3 Å². The third-order valence-corrected chi connectivity index (χ3v) is 7.21. The first kappa shape index (κ1) is 22.3. The molecule has 1 aromatic heterocycles. The Hall–Kier alpha value is -2.88. The van der Waals surface area contributed by atoms with Crippen molar-refractivity contribution in [2.45, 2.75) is 11.3 Å². The highest BCUT2D eigenvalue weighted by molar-refractivity contribution is 7.89. The van der Waals surface area contributed by atoms with Crippen molar-refractivity contribution in [2.24, 2.45) is 0 Å². The van der Waals surface area contributed by atoms with Crippen LogP contribution in [-0.2, 0) is 10.0 Å².